The van der Waals surface area contributed by atoms with E-state index < -0.39 is 30.8 Å². The third kappa shape index (κ3) is 4.75. The summed E-state index contributed by atoms with van der Waals surface area (Å²) in [7, 11) is 3.89. The normalized spacial score (nSPS) is 20.6. The molecule has 0 spiro atoms. The molecule has 0 saturated carbocycles. The van der Waals surface area contributed by atoms with Gasteiger partial charge in [-0.3, -0.25) is 14.5 Å². The minimum atomic E-state index is -2.92. The summed E-state index contributed by atoms with van der Waals surface area (Å²) in [6, 6.07) is 15.5. The van der Waals surface area contributed by atoms with Crippen LogP contribution < -0.4 is 10.2 Å². The van der Waals surface area contributed by atoms with Crippen molar-refractivity contribution in [1.29, 1.82) is 0 Å². The Morgan fingerprint density at radius 1 is 1.06 bits per heavy atom. The largest absolute Gasteiger partial charge is 0.378 e. The van der Waals surface area contributed by atoms with Gasteiger partial charge < -0.3 is 15.1 Å². The maximum absolute atomic E-state index is 14.2. The van der Waals surface area contributed by atoms with E-state index >= 15 is 0 Å². The molecule has 2 fully saturated rings. The van der Waals surface area contributed by atoms with Gasteiger partial charge in [-0.2, -0.15) is 0 Å². The number of nitrogens with one attached hydrogen (secondary N) is 1. The number of likely N-dealkylation sites (tertiary alicyclic amines) is 2. The van der Waals surface area contributed by atoms with E-state index in [9.17, 15) is 18.4 Å². The number of anilines is 1. The number of benzene rings is 2. The molecule has 2 aromatic carbocycles. The molecule has 0 aliphatic carbocycles. The highest BCUT2D eigenvalue weighted by molar-refractivity contribution is 5.94. The first-order valence-electron chi connectivity index (χ1n) is 10.8. The maximum Gasteiger partial charge on any atom is 0.262 e. The van der Waals surface area contributed by atoms with Gasteiger partial charge in [-0.15, -0.1) is 0 Å². The van der Waals surface area contributed by atoms with Crippen molar-refractivity contribution in [2.75, 3.05) is 38.6 Å². The van der Waals surface area contributed by atoms with E-state index in [1.807, 2.05) is 49.3 Å². The fraction of sp³-hybridized carbons (Fsp3) is 0.417. The zero-order valence-electron chi connectivity index (χ0n) is 18.3. The van der Waals surface area contributed by atoms with Crippen molar-refractivity contribution in [2.45, 2.75) is 31.0 Å². The Morgan fingerprint density at radius 3 is 2.34 bits per heavy atom. The number of amides is 2. The maximum atomic E-state index is 14.2. The summed E-state index contributed by atoms with van der Waals surface area (Å²) in [6.45, 7) is 0.519. The van der Waals surface area contributed by atoms with Gasteiger partial charge >= 0.3 is 0 Å². The molecule has 0 aromatic heterocycles. The van der Waals surface area contributed by atoms with Crippen LogP contribution in [0.4, 0.5) is 14.5 Å². The lowest BCUT2D eigenvalue weighted by Crippen LogP contribution is -2.63. The topological polar surface area (TPSA) is 55.9 Å². The molecule has 8 heteroatoms. The number of rotatable bonds is 6. The number of carbonyl (C=O) groups excluding carboxylic acids is 2. The Hall–Kier alpha value is -3.00. The number of alkyl halides is 2. The van der Waals surface area contributed by atoms with Crippen molar-refractivity contribution < 1.29 is 18.4 Å². The van der Waals surface area contributed by atoms with Crippen LogP contribution in [0.1, 0.15) is 22.3 Å². The van der Waals surface area contributed by atoms with Gasteiger partial charge in [0.2, 0.25) is 5.91 Å². The Morgan fingerprint density at radius 2 is 1.72 bits per heavy atom. The third-order valence-electron chi connectivity index (χ3n) is 6.17. The van der Waals surface area contributed by atoms with Gasteiger partial charge in [0.1, 0.15) is 0 Å². The van der Waals surface area contributed by atoms with E-state index in [2.05, 4.69) is 5.32 Å². The lowest BCUT2D eigenvalue weighted by Gasteiger charge is -2.45. The van der Waals surface area contributed by atoms with Gasteiger partial charge in [-0.25, -0.2) is 8.78 Å². The number of nitrogens with zero attached hydrogens (tertiary/aromatic N) is 3. The molecule has 0 unspecified atom stereocenters. The molecular weight excluding hydrogens is 414 g/mol. The predicted octanol–water partition coefficient (Wildman–Crippen LogP) is 2.60. The van der Waals surface area contributed by atoms with Gasteiger partial charge in [-0.1, -0.05) is 30.3 Å². The second kappa shape index (κ2) is 8.86. The van der Waals surface area contributed by atoms with Crippen LogP contribution in [0.2, 0.25) is 0 Å². The van der Waals surface area contributed by atoms with Gasteiger partial charge in [0.15, 0.2) is 0 Å². The van der Waals surface area contributed by atoms with Crippen molar-refractivity contribution in [3.05, 3.63) is 65.7 Å². The van der Waals surface area contributed by atoms with Crippen LogP contribution >= 0.6 is 0 Å². The zero-order chi connectivity index (χ0) is 22.9. The summed E-state index contributed by atoms with van der Waals surface area (Å²) >= 11 is 0. The molecule has 32 heavy (non-hydrogen) atoms. The summed E-state index contributed by atoms with van der Waals surface area (Å²) < 4.78 is 28.4. The number of carbonyl (C=O) groups is 2. The molecule has 0 bridgehead atoms. The molecule has 4 rings (SSSR count). The van der Waals surface area contributed by atoms with Crippen LogP contribution in [0.3, 0.4) is 0 Å². The van der Waals surface area contributed by atoms with E-state index in [1.54, 1.807) is 34.1 Å². The molecule has 2 amide bonds. The Kier molecular flexibility index (Phi) is 6.15. The van der Waals surface area contributed by atoms with E-state index in [0.29, 0.717) is 18.7 Å². The Balaban J connectivity index is 1.35. The Labute approximate surface area is 186 Å². The van der Waals surface area contributed by atoms with Gasteiger partial charge in [0.25, 0.3) is 11.8 Å². The van der Waals surface area contributed by atoms with Crippen LogP contribution in [0, 0.1) is 0 Å². The molecule has 2 saturated heterocycles. The quantitative estimate of drug-likeness (QED) is 0.747. The minimum Gasteiger partial charge on any atom is -0.378 e. The molecule has 6 nitrogen and oxygen atoms in total. The third-order valence-corrected chi connectivity index (χ3v) is 6.17. The van der Waals surface area contributed by atoms with Gasteiger partial charge in [0.05, 0.1) is 12.6 Å². The van der Waals surface area contributed by atoms with Gasteiger partial charge in [-0.05, 0) is 29.8 Å². The molecule has 2 aromatic rings. The molecule has 1 atom stereocenters. The highest BCUT2D eigenvalue weighted by Crippen LogP contribution is 2.35. The van der Waals surface area contributed by atoms with Gasteiger partial charge in [0, 0.05) is 57.4 Å². The fourth-order valence-corrected chi connectivity index (χ4v) is 4.28. The van der Waals surface area contributed by atoms with E-state index in [4.69, 9.17) is 0 Å². The highest BCUT2D eigenvalue weighted by atomic mass is 19.3. The van der Waals surface area contributed by atoms with Crippen molar-refractivity contribution in [1.82, 2.24) is 15.1 Å². The average Bonchev–Trinajstić information content (AvgIpc) is 3.06. The first-order chi connectivity index (χ1) is 15.2. The van der Waals surface area contributed by atoms with Crippen LogP contribution in [0.15, 0.2) is 54.6 Å². The van der Waals surface area contributed by atoms with Crippen LogP contribution in [-0.4, -0.2) is 73.4 Å². The van der Waals surface area contributed by atoms with Crippen molar-refractivity contribution in [3.63, 3.8) is 0 Å². The highest BCUT2D eigenvalue weighted by Gasteiger charge is 2.52. The summed E-state index contributed by atoms with van der Waals surface area (Å²) in [5, 5.41) is 2.81. The number of hydrogen-bond donors (Lipinski definition) is 1. The lowest BCUT2D eigenvalue weighted by molar-refractivity contribution is -0.127. The van der Waals surface area contributed by atoms with E-state index in [1.165, 1.54) is 0 Å². The molecule has 0 radical (unpaired) electrons. The predicted molar refractivity (Wildman–Crippen MR) is 119 cm³/mol. The SMILES string of the molecule is CN(C)c1ccc(CNC(=O)[C@@H]2CC(F)(F)CN2C2CN(C(=O)c3ccccc3)C2)cc1. The molecule has 1 N–H and O–H groups in total. The molecular formula is C24H28F2N4O2. The second-order valence-corrected chi connectivity index (χ2v) is 8.76. The molecule has 2 aliphatic rings. The fourth-order valence-electron chi connectivity index (χ4n) is 4.28. The zero-order valence-corrected chi connectivity index (χ0v) is 18.3. The monoisotopic (exact) mass is 442 g/mol. The Bertz CT molecular complexity index is 960. The van der Waals surface area contributed by atoms with E-state index in [-0.39, 0.29) is 18.5 Å². The number of halogens is 2. The lowest BCUT2D eigenvalue weighted by atomic mass is 10.0. The summed E-state index contributed by atoms with van der Waals surface area (Å²) in [5.74, 6) is -3.43. The van der Waals surface area contributed by atoms with Crippen molar-refractivity contribution in [2.24, 2.45) is 0 Å². The minimum absolute atomic E-state index is 0.116. The molecule has 2 aliphatic heterocycles. The first-order valence-corrected chi connectivity index (χ1v) is 10.8. The van der Waals surface area contributed by atoms with Crippen LogP contribution in [-0.2, 0) is 11.3 Å². The first kappa shape index (κ1) is 22.2. The van der Waals surface area contributed by atoms with Crippen molar-refractivity contribution >= 4 is 17.5 Å². The standard InChI is InChI=1S/C24H28F2N4O2/c1-28(2)19-10-8-17(9-11-19)13-27-22(31)21-12-24(25,26)16-30(21)20-14-29(15-20)23(32)18-6-4-3-5-7-18/h3-11,20-21H,12-16H2,1-2H3,(H,27,31)/t21-/m0/s1. The van der Waals surface area contributed by atoms with E-state index in [0.717, 1.165) is 11.3 Å². The van der Waals surface area contributed by atoms with Crippen molar-refractivity contribution in [3.8, 4) is 0 Å². The summed E-state index contributed by atoms with van der Waals surface area (Å²) in [4.78, 5) is 30.5. The molecule has 170 valence electrons. The number of hydrogen-bond acceptors (Lipinski definition) is 4. The van der Waals surface area contributed by atoms with Crippen LogP contribution in [0.25, 0.3) is 0 Å². The molecule has 2 heterocycles. The van der Waals surface area contributed by atoms with Crippen LogP contribution in [0.5, 0.6) is 0 Å². The second-order valence-electron chi connectivity index (χ2n) is 8.76. The summed E-state index contributed by atoms with van der Waals surface area (Å²) in [6.07, 6.45) is -0.498. The average molecular weight is 443 g/mol. The smallest absolute Gasteiger partial charge is 0.262 e. The summed E-state index contributed by atoms with van der Waals surface area (Å²) in [5.41, 5.74) is 2.53.